The molecule has 0 amide bonds. The Morgan fingerprint density at radius 2 is 0.863 bits per heavy atom. The van der Waals surface area contributed by atoms with Crippen molar-refractivity contribution in [1.29, 1.82) is 0 Å². The molecule has 1 heterocycles. The molecule has 0 N–H and O–H groups in total. The van der Waals surface area contributed by atoms with Crippen LogP contribution in [0.5, 0.6) is 0 Å². The Morgan fingerprint density at radius 1 is 0.333 bits per heavy atom. The molecule has 0 unspecified atom stereocenters. The molecular formula is C50H30O. The van der Waals surface area contributed by atoms with Crippen LogP contribution in [0.2, 0.25) is 0 Å². The Hall–Kier alpha value is -6.70. The van der Waals surface area contributed by atoms with Crippen LogP contribution >= 0.6 is 0 Å². The minimum atomic E-state index is -0.437. The molecule has 0 saturated heterocycles. The predicted molar refractivity (Wildman–Crippen MR) is 218 cm³/mol. The lowest BCUT2D eigenvalue weighted by Crippen LogP contribution is -1.91. The molecule has 0 aliphatic heterocycles. The molecule has 0 aliphatic rings. The largest absolute Gasteiger partial charge is 0.455 e. The van der Waals surface area contributed by atoms with Gasteiger partial charge in [0, 0.05) is 16.3 Å². The van der Waals surface area contributed by atoms with Crippen molar-refractivity contribution < 1.29 is 15.4 Å². The standard InChI is InChI=1S/C50H30O/c1-2-13-33(14-3-1)49-38-17-7-5-15-34(38)28-45-44-30-36(26-27-46(44)51-50(45)49)48-41-20-10-8-18-39(41)47(40-19-9-11-21-42(40)48)35-25-24-32-23-22-31-12-4-6-16-37(31)43(32)29-35/h1-30H/i8D,9D,10D,11D,18D,19D,20D,21D. The number of fused-ring (bicyclic) bond motifs is 9. The van der Waals surface area contributed by atoms with Crippen molar-refractivity contribution in [2.75, 3.05) is 0 Å². The van der Waals surface area contributed by atoms with E-state index in [-0.39, 0.29) is 45.7 Å². The second-order valence-corrected chi connectivity index (χ2v) is 13.0. The van der Waals surface area contributed by atoms with Gasteiger partial charge in [0.2, 0.25) is 0 Å². The Balaban J connectivity index is 1.32. The second-order valence-electron chi connectivity index (χ2n) is 13.0. The smallest absolute Gasteiger partial charge is 0.143 e. The summed E-state index contributed by atoms with van der Waals surface area (Å²) >= 11 is 0. The molecule has 0 radical (unpaired) electrons. The second kappa shape index (κ2) is 10.9. The molecular weight excluding hydrogens is 617 g/mol. The van der Waals surface area contributed by atoms with Gasteiger partial charge in [-0.05, 0) is 106 Å². The fourth-order valence-electron chi connectivity index (χ4n) is 7.98. The maximum Gasteiger partial charge on any atom is 0.143 e. The third-order valence-electron chi connectivity index (χ3n) is 10.2. The number of benzene rings is 10. The lowest BCUT2D eigenvalue weighted by atomic mass is 9.85. The van der Waals surface area contributed by atoms with Crippen LogP contribution < -0.4 is 0 Å². The van der Waals surface area contributed by atoms with Gasteiger partial charge in [-0.15, -0.1) is 0 Å². The average Bonchev–Trinajstić information content (AvgIpc) is 3.64. The van der Waals surface area contributed by atoms with Crippen molar-refractivity contribution in [3.63, 3.8) is 0 Å². The van der Waals surface area contributed by atoms with Gasteiger partial charge in [-0.1, -0.05) is 158 Å². The average molecular weight is 655 g/mol. The Kier molecular flexibility index (Phi) is 4.57. The summed E-state index contributed by atoms with van der Waals surface area (Å²) in [4.78, 5) is 0. The highest BCUT2D eigenvalue weighted by Crippen LogP contribution is 2.47. The first kappa shape index (κ1) is 21.4. The van der Waals surface area contributed by atoms with E-state index in [4.69, 9.17) is 9.90 Å². The van der Waals surface area contributed by atoms with Crippen LogP contribution in [0.15, 0.2) is 186 Å². The lowest BCUT2D eigenvalue weighted by Gasteiger charge is -2.18. The molecule has 10 aromatic carbocycles. The normalized spacial score (nSPS) is 14.1. The lowest BCUT2D eigenvalue weighted by molar-refractivity contribution is 0.670. The fraction of sp³-hybridized carbons (Fsp3) is 0. The number of furan rings is 1. The molecule has 1 aromatic heterocycles. The predicted octanol–water partition coefficient (Wildman–Crippen LogP) is 14.4. The summed E-state index contributed by atoms with van der Waals surface area (Å²) in [6.45, 7) is 0. The molecule has 51 heavy (non-hydrogen) atoms. The van der Waals surface area contributed by atoms with Crippen LogP contribution in [0, 0.1) is 0 Å². The molecule has 1 heteroatoms. The van der Waals surface area contributed by atoms with Crippen LogP contribution in [0.25, 0.3) is 109 Å². The molecule has 0 spiro atoms. The maximum atomic E-state index is 9.49. The summed E-state index contributed by atoms with van der Waals surface area (Å²) in [5.74, 6) is 0. The van der Waals surface area contributed by atoms with Crippen molar-refractivity contribution in [3.05, 3.63) is 182 Å². The first-order valence-corrected chi connectivity index (χ1v) is 16.9. The minimum Gasteiger partial charge on any atom is -0.455 e. The maximum absolute atomic E-state index is 9.49. The van der Waals surface area contributed by atoms with Crippen molar-refractivity contribution in [1.82, 2.24) is 0 Å². The van der Waals surface area contributed by atoms with Crippen molar-refractivity contribution in [2.45, 2.75) is 0 Å². The first-order valence-electron chi connectivity index (χ1n) is 20.9. The van der Waals surface area contributed by atoms with Crippen LogP contribution in [0.1, 0.15) is 11.0 Å². The van der Waals surface area contributed by atoms with Crippen molar-refractivity contribution in [3.8, 4) is 33.4 Å². The zero-order valence-electron chi connectivity index (χ0n) is 35.1. The van der Waals surface area contributed by atoms with Gasteiger partial charge in [0.1, 0.15) is 11.2 Å². The topological polar surface area (TPSA) is 13.1 Å². The van der Waals surface area contributed by atoms with E-state index in [2.05, 4.69) is 36.4 Å². The monoisotopic (exact) mass is 654 g/mol. The third kappa shape index (κ3) is 4.22. The van der Waals surface area contributed by atoms with E-state index in [1.807, 2.05) is 97.1 Å². The van der Waals surface area contributed by atoms with Gasteiger partial charge in [0.25, 0.3) is 0 Å². The van der Waals surface area contributed by atoms with E-state index in [9.17, 15) is 5.48 Å². The molecule has 0 atom stereocenters. The van der Waals surface area contributed by atoms with Gasteiger partial charge in [0.05, 0.1) is 11.0 Å². The molecule has 11 aromatic rings. The van der Waals surface area contributed by atoms with Gasteiger partial charge in [-0.25, -0.2) is 0 Å². The van der Waals surface area contributed by atoms with Gasteiger partial charge in [-0.2, -0.15) is 0 Å². The molecule has 0 aliphatic carbocycles. The minimum absolute atomic E-state index is 0.170. The number of hydrogen-bond acceptors (Lipinski definition) is 1. The first-order chi connectivity index (χ1) is 28.6. The van der Waals surface area contributed by atoms with Gasteiger partial charge in [0.15, 0.2) is 0 Å². The third-order valence-corrected chi connectivity index (χ3v) is 10.2. The summed E-state index contributed by atoms with van der Waals surface area (Å²) in [6, 6.07) is 40.8. The highest BCUT2D eigenvalue weighted by atomic mass is 16.3. The van der Waals surface area contributed by atoms with Gasteiger partial charge >= 0.3 is 0 Å². The van der Waals surface area contributed by atoms with E-state index in [1.54, 1.807) is 0 Å². The van der Waals surface area contributed by atoms with Crippen LogP contribution in [-0.4, -0.2) is 0 Å². The Bertz CT molecular complexity index is 3570. The van der Waals surface area contributed by atoms with E-state index in [0.717, 1.165) is 54.2 Å². The summed E-state index contributed by atoms with van der Waals surface area (Å²) in [5, 5.41) is 8.24. The van der Waals surface area contributed by atoms with Crippen molar-refractivity contribution in [2.24, 2.45) is 0 Å². The molecule has 0 fully saturated rings. The zero-order valence-corrected chi connectivity index (χ0v) is 27.1. The SMILES string of the molecule is [2H]c1c([2H])c([2H])c2c(-c3ccc4oc5c(-c6ccccc6)c6ccccc6cc5c4c3)c3c([2H])c([2H])c([2H])c([2H])c3c(-c3ccc4ccc5ccccc5c4c3)c2c1[2H]. The molecule has 0 saturated carbocycles. The quantitative estimate of drug-likeness (QED) is 0.136. The highest BCUT2D eigenvalue weighted by molar-refractivity contribution is 6.24. The highest BCUT2D eigenvalue weighted by Gasteiger charge is 2.20. The van der Waals surface area contributed by atoms with Gasteiger partial charge < -0.3 is 4.42 Å². The van der Waals surface area contributed by atoms with Gasteiger partial charge in [-0.3, -0.25) is 0 Å². The van der Waals surface area contributed by atoms with Crippen LogP contribution in [0.3, 0.4) is 0 Å². The van der Waals surface area contributed by atoms with Crippen molar-refractivity contribution >= 4 is 75.8 Å². The van der Waals surface area contributed by atoms with E-state index in [1.165, 1.54) is 0 Å². The molecule has 11 rings (SSSR count). The zero-order chi connectivity index (χ0) is 40.4. The van der Waals surface area contributed by atoms with Crippen LogP contribution in [0.4, 0.5) is 0 Å². The van der Waals surface area contributed by atoms with E-state index >= 15 is 0 Å². The summed E-state index contributed by atoms with van der Waals surface area (Å²) in [7, 11) is 0. The number of hydrogen-bond donors (Lipinski definition) is 0. The molecule has 0 bridgehead atoms. The Morgan fingerprint density at radius 3 is 1.55 bits per heavy atom. The number of rotatable bonds is 3. The molecule has 1 nitrogen and oxygen atoms in total. The van der Waals surface area contributed by atoms with E-state index in [0.29, 0.717) is 33.4 Å². The summed E-state index contributed by atoms with van der Waals surface area (Å²) in [5.41, 5.74) is 4.95. The van der Waals surface area contributed by atoms with Crippen LogP contribution in [-0.2, 0) is 0 Å². The Labute approximate surface area is 305 Å². The van der Waals surface area contributed by atoms with E-state index < -0.39 is 24.2 Å². The summed E-state index contributed by atoms with van der Waals surface area (Å²) in [6.07, 6.45) is 0. The summed E-state index contributed by atoms with van der Waals surface area (Å²) < 4.78 is 80.2. The molecule has 236 valence electrons. The fourth-order valence-corrected chi connectivity index (χ4v) is 7.98.